The number of hydrogen-bond donors (Lipinski definition) is 3. The molecule has 47 heavy (non-hydrogen) atoms. The maximum absolute atomic E-state index is 13.0. The molecule has 1 aromatic carbocycles. The van der Waals surface area contributed by atoms with E-state index in [1.807, 2.05) is 12.1 Å². The highest BCUT2D eigenvalue weighted by atomic mass is 32.2. The molecule has 4 rings (SSSR count). The van der Waals surface area contributed by atoms with Crippen molar-refractivity contribution in [3.8, 4) is 5.75 Å². The molecule has 0 amide bonds. The zero-order valence-corrected chi connectivity index (χ0v) is 28.8. The second-order valence-corrected chi connectivity index (χ2v) is 17.0. The lowest BCUT2D eigenvalue weighted by molar-refractivity contribution is -0.284. The molecule has 0 aliphatic heterocycles. The Morgan fingerprint density at radius 3 is 2.32 bits per heavy atom. The molecule has 3 aliphatic rings. The van der Waals surface area contributed by atoms with Gasteiger partial charge in [0.15, 0.2) is 6.79 Å². The van der Waals surface area contributed by atoms with Crippen molar-refractivity contribution >= 4 is 19.0 Å². The van der Waals surface area contributed by atoms with Crippen molar-refractivity contribution in [2.45, 2.75) is 127 Å². The molecule has 3 N–H and O–H groups in total. The quantitative estimate of drug-likeness (QED) is 0.0459. The third kappa shape index (κ3) is 10.3. The van der Waals surface area contributed by atoms with Crippen molar-refractivity contribution < 1.29 is 55.2 Å². The molecule has 0 aromatic heterocycles. The van der Waals surface area contributed by atoms with Crippen LogP contribution < -0.4 is 4.74 Å². The summed E-state index contributed by atoms with van der Waals surface area (Å²) in [7, 11) is -4.63. The van der Waals surface area contributed by atoms with Crippen LogP contribution in [0.1, 0.15) is 114 Å². The van der Waals surface area contributed by atoms with E-state index in [-0.39, 0.29) is 17.3 Å². The van der Waals surface area contributed by atoms with Gasteiger partial charge in [-0.1, -0.05) is 56.3 Å². The van der Waals surface area contributed by atoms with Crippen LogP contribution in [0.15, 0.2) is 18.2 Å². The third-order valence-electron chi connectivity index (χ3n) is 11.0. The van der Waals surface area contributed by atoms with Crippen LogP contribution in [0.25, 0.3) is 0 Å². The smallest absolute Gasteiger partial charge is 0.472 e. The molecule has 7 nitrogen and oxygen atoms in total. The van der Waals surface area contributed by atoms with E-state index < -0.39 is 50.7 Å². The first-order valence-electron chi connectivity index (χ1n) is 16.9. The second-order valence-electron chi connectivity index (χ2n) is 14.1. The Labute approximate surface area is 277 Å². The second kappa shape index (κ2) is 16.4. The summed E-state index contributed by atoms with van der Waals surface area (Å²) in [5, 5.41) is 10.9. The Kier molecular flexibility index (Phi) is 13.5. The van der Waals surface area contributed by atoms with E-state index in [1.54, 1.807) is 0 Å². The predicted octanol–water partition coefficient (Wildman–Crippen LogP) is 8.42. The first kappa shape index (κ1) is 38.8. The Morgan fingerprint density at radius 1 is 0.979 bits per heavy atom. The van der Waals surface area contributed by atoms with Gasteiger partial charge in [-0.2, -0.15) is 22.0 Å². The van der Waals surface area contributed by atoms with Gasteiger partial charge < -0.3 is 24.2 Å². The monoisotopic (exact) mass is 716 g/mol. The topological polar surface area (TPSA) is 119 Å². The van der Waals surface area contributed by atoms with Crippen molar-refractivity contribution in [2.24, 2.45) is 23.2 Å². The number of unbranched alkanes of at least 4 members (excludes halogenated alkanes) is 6. The van der Waals surface area contributed by atoms with E-state index in [0.29, 0.717) is 41.6 Å². The Morgan fingerprint density at radius 2 is 1.64 bits per heavy atom. The van der Waals surface area contributed by atoms with Crippen molar-refractivity contribution in [1.29, 1.82) is 0 Å². The maximum Gasteiger partial charge on any atom is 0.472 e. The number of aliphatic hydroxyl groups excluding tert-OH is 1. The van der Waals surface area contributed by atoms with Gasteiger partial charge in [0.2, 0.25) is 0 Å². The Bertz CT molecular complexity index is 1200. The van der Waals surface area contributed by atoms with Crippen LogP contribution in [0.4, 0.5) is 22.0 Å². The number of fused-ring (bicyclic) bond motifs is 5. The van der Waals surface area contributed by atoms with Gasteiger partial charge in [-0.15, -0.1) is 0 Å². The molecule has 2 saturated carbocycles. The predicted molar refractivity (Wildman–Crippen MR) is 170 cm³/mol. The van der Waals surface area contributed by atoms with Crippen LogP contribution in [0, 0.1) is 23.2 Å². The van der Waals surface area contributed by atoms with E-state index >= 15 is 0 Å². The van der Waals surface area contributed by atoms with Crippen LogP contribution >= 0.6 is 7.82 Å². The molecule has 0 spiro atoms. The number of rotatable bonds is 18. The Balaban J connectivity index is 1.22. The fourth-order valence-corrected chi connectivity index (χ4v) is 9.91. The summed E-state index contributed by atoms with van der Waals surface area (Å²) >= 11 is -1.39. The SMILES string of the molecule is C[C@]12CC[C@@H]3c4ccc(OCOP(=O)(O)O)cc4C[C@@H](CCCCCCCCC[S+]([O-])CCCC(F)(F)C(F)(F)F)[C@H]3[C@@H]1CC[C@@H]2O. The molecule has 2 fully saturated rings. The van der Waals surface area contributed by atoms with Gasteiger partial charge in [0.05, 0.1) is 6.10 Å². The van der Waals surface area contributed by atoms with Crippen LogP contribution in [0.2, 0.25) is 0 Å². The summed E-state index contributed by atoms with van der Waals surface area (Å²) in [6, 6.07) is 5.91. The lowest BCUT2D eigenvalue weighted by Gasteiger charge is -2.53. The van der Waals surface area contributed by atoms with Gasteiger partial charge in [-0.25, -0.2) is 9.09 Å². The average Bonchev–Trinajstić information content (AvgIpc) is 3.28. The van der Waals surface area contributed by atoms with Gasteiger partial charge in [0.25, 0.3) is 0 Å². The van der Waals surface area contributed by atoms with Crippen molar-refractivity contribution in [2.75, 3.05) is 18.3 Å². The minimum Gasteiger partial charge on any atom is -0.616 e. The van der Waals surface area contributed by atoms with Gasteiger partial charge in [0.1, 0.15) is 17.3 Å². The molecular formula is C33H50F5O7PS. The van der Waals surface area contributed by atoms with E-state index in [2.05, 4.69) is 17.5 Å². The zero-order valence-electron chi connectivity index (χ0n) is 27.1. The zero-order chi connectivity index (χ0) is 34.5. The van der Waals surface area contributed by atoms with Gasteiger partial charge >= 0.3 is 19.9 Å². The summed E-state index contributed by atoms with van der Waals surface area (Å²) in [6.45, 7) is 1.72. The number of aliphatic hydroxyl groups is 1. The lowest BCUT2D eigenvalue weighted by Crippen LogP contribution is -2.47. The molecule has 270 valence electrons. The van der Waals surface area contributed by atoms with Crippen LogP contribution in [0.3, 0.4) is 0 Å². The number of benzene rings is 1. The molecule has 1 aromatic rings. The summed E-state index contributed by atoms with van der Waals surface area (Å²) < 4.78 is 95.8. The summed E-state index contributed by atoms with van der Waals surface area (Å²) in [4.78, 5) is 17.9. The number of hydrogen-bond acceptors (Lipinski definition) is 5. The molecular weight excluding hydrogens is 666 g/mol. The van der Waals surface area contributed by atoms with Gasteiger partial charge in [-0.3, -0.25) is 0 Å². The van der Waals surface area contributed by atoms with Crippen molar-refractivity contribution in [3.63, 3.8) is 0 Å². The first-order valence-corrected chi connectivity index (χ1v) is 20.0. The molecule has 1 unspecified atom stereocenters. The Hall–Kier alpha value is -0.950. The fraction of sp³-hybridized carbons (Fsp3) is 0.818. The van der Waals surface area contributed by atoms with E-state index in [4.69, 9.17) is 14.5 Å². The van der Waals surface area contributed by atoms with Crippen LogP contribution in [0.5, 0.6) is 5.75 Å². The van der Waals surface area contributed by atoms with Gasteiger partial charge in [-0.05, 0) is 110 Å². The summed E-state index contributed by atoms with van der Waals surface area (Å²) in [6.07, 6.45) is 4.97. The molecule has 0 saturated heterocycles. The normalized spacial score (nSPS) is 28.4. The fourth-order valence-electron chi connectivity index (χ4n) is 8.53. The van der Waals surface area contributed by atoms with E-state index in [0.717, 1.165) is 77.0 Å². The maximum atomic E-state index is 13.0. The highest BCUT2D eigenvalue weighted by Crippen LogP contribution is 2.62. The molecule has 14 heteroatoms. The number of phosphoric ester groups is 1. The highest BCUT2D eigenvalue weighted by Gasteiger charge is 2.57. The van der Waals surface area contributed by atoms with E-state index in [1.165, 1.54) is 11.1 Å². The molecule has 3 aliphatic carbocycles. The average molecular weight is 717 g/mol. The largest absolute Gasteiger partial charge is 0.616 e. The number of phosphoric acid groups is 1. The van der Waals surface area contributed by atoms with Crippen molar-refractivity contribution in [3.05, 3.63) is 29.3 Å². The van der Waals surface area contributed by atoms with E-state index in [9.17, 15) is 36.2 Å². The molecule has 0 radical (unpaired) electrons. The van der Waals surface area contributed by atoms with Crippen LogP contribution in [-0.4, -0.2) is 55.9 Å². The number of halogens is 5. The first-order chi connectivity index (χ1) is 22.0. The minimum absolute atomic E-state index is 0.0579. The minimum atomic E-state index is -5.56. The lowest BCUT2D eigenvalue weighted by atomic mass is 9.52. The van der Waals surface area contributed by atoms with Crippen molar-refractivity contribution in [1.82, 2.24) is 0 Å². The van der Waals surface area contributed by atoms with Gasteiger partial charge in [0, 0.05) is 6.42 Å². The molecule has 0 bridgehead atoms. The summed E-state index contributed by atoms with van der Waals surface area (Å²) in [5.41, 5.74) is 2.47. The third-order valence-corrected chi connectivity index (χ3v) is 12.9. The highest BCUT2D eigenvalue weighted by molar-refractivity contribution is 7.91. The molecule has 0 heterocycles. The van der Waals surface area contributed by atoms with Crippen LogP contribution in [-0.2, 0) is 26.7 Å². The standard InChI is InChI=1S/C33H50F5O7PS/c1-31-17-15-27-26-12-11-25(44-22-45-46(40,41)42)21-24(26)20-23(30(27)28(31)13-14-29(31)39)10-7-5-3-2-4-6-8-18-47(43)19-9-16-32(34,35)33(36,37)38/h11-12,21,23,27-30,39H,2-10,13-20,22H2,1H3,(H2,40,41,42)/t23-,27-,28+,29+,30-,31+,47?/m1/s1. The molecule has 7 atom stereocenters. The number of ether oxygens (including phenoxy) is 1. The number of alkyl halides is 5. The summed E-state index contributed by atoms with van der Waals surface area (Å²) in [5.74, 6) is -2.23.